The lowest BCUT2D eigenvalue weighted by molar-refractivity contribution is -0.0566. The number of nitrogens with two attached hydrogens (primary N) is 2. The maximum atomic E-state index is 13.0. The number of hydrogen-bond donors (Lipinski definition) is 4. The molecule has 260 valence electrons. The normalized spacial score (nSPS) is 30.4. The number of nitrogens with zero attached hydrogens (tertiary/aromatic N) is 5. The number of fused-ring (bicyclic) bond motifs is 1. The van der Waals surface area contributed by atoms with E-state index >= 15 is 0 Å². The minimum atomic E-state index is -4.74. The number of nitrogen functional groups attached to an aromatic ring is 1. The molecule has 0 radical (unpaired) electrons. The summed E-state index contributed by atoms with van der Waals surface area (Å²) in [6.45, 7) is -1.03. The Morgan fingerprint density at radius 2 is 1.53 bits per heavy atom. The highest BCUT2D eigenvalue weighted by Gasteiger charge is 2.50. The van der Waals surface area contributed by atoms with Crippen LogP contribution in [0, 0.1) is 0 Å². The topological polar surface area (TPSA) is 274 Å². The average Bonchev–Trinajstić information content (AvgIpc) is 3.81. The highest BCUT2D eigenvalue weighted by atomic mass is 32.1. The van der Waals surface area contributed by atoms with E-state index in [0.717, 1.165) is 11.3 Å². The lowest BCUT2D eigenvalue weighted by atomic mass is 10.1. The first-order chi connectivity index (χ1) is 22.3. The molecule has 47 heavy (non-hydrogen) atoms. The van der Waals surface area contributed by atoms with Crippen molar-refractivity contribution in [1.82, 2.24) is 24.5 Å². The predicted octanol–water partition coefficient (Wildman–Crippen LogP) is 0.423. The van der Waals surface area contributed by atoms with Crippen molar-refractivity contribution >= 4 is 49.4 Å². The number of primary amides is 1. The summed E-state index contributed by atoms with van der Waals surface area (Å²) in [5, 5.41) is 1.84. The first-order valence-corrected chi connectivity index (χ1v) is 18.3. The molecule has 1 amide bonds. The number of amides is 1. The molecule has 0 spiro atoms. The molecule has 0 aromatic carbocycles. The van der Waals surface area contributed by atoms with Gasteiger partial charge >= 0.3 is 15.2 Å². The predicted molar refractivity (Wildman–Crippen MR) is 162 cm³/mol. The van der Waals surface area contributed by atoms with Crippen molar-refractivity contribution in [1.29, 1.82) is 0 Å². The number of carbonyl (C=O) groups is 1. The fourth-order valence-corrected chi connectivity index (χ4v) is 9.58. The van der Waals surface area contributed by atoms with Gasteiger partial charge in [-0.25, -0.2) is 19.9 Å². The molecule has 2 fully saturated rings. The van der Waals surface area contributed by atoms with E-state index in [1.807, 2.05) is 0 Å². The standard InChI is InChI=1S/C24H35N7O13P2S/c1-37-15-12(43-18(17(15)39-3)23-30-11(7-47-23)21(26)32)5-41-45(33,34)10-46(35,36)42-6-13-16(38-2)19(40-4)24(44-13)31-9-29-14-20(25)27-8-28-22(14)31/h7-9,12-13,15-19,24H,5-6,10H2,1-4H3,(H2,26,32)(H,33,34)(H,35,36)(H2,25,27,28)/t12-,13-,15+,16+,17?,18-,19?,24-/m1/s1. The van der Waals surface area contributed by atoms with Gasteiger partial charge in [-0.3, -0.25) is 18.5 Å². The Kier molecular flexibility index (Phi) is 11.1. The van der Waals surface area contributed by atoms with Crippen LogP contribution in [-0.2, 0) is 46.6 Å². The third-order valence-corrected chi connectivity index (χ3v) is 12.5. The Morgan fingerprint density at radius 1 is 0.936 bits per heavy atom. The maximum Gasteiger partial charge on any atom is 0.340 e. The molecule has 2 saturated heterocycles. The number of anilines is 1. The van der Waals surface area contributed by atoms with Gasteiger partial charge < -0.3 is 58.7 Å². The molecular formula is C24H35N7O13P2S. The van der Waals surface area contributed by atoms with Crippen molar-refractivity contribution in [3.63, 3.8) is 0 Å². The molecule has 2 aliphatic rings. The van der Waals surface area contributed by atoms with Crippen LogP contribution in [-0.4, -0.2) is 124 Å². The molecule has 2 aliphatic heterocycles. The molecule has 0 bridgehead atoms. The van der Waals surface area contributed by atoms with Crippen LogP contribution >= 0.6 is 26.5 Å². The monoisotopic (exact) mass is 723 g/mol. The fraction of sp³-hybridized carbons (Fsp3) is 0.625. The van der Waals surface area contributed by atoms with Gasteiger partial charge in [-0.1, -0.05) is 0 Å². The van der Waals surface area contributed by atoms with Gasteiger partial charge in [-0.15, -0.1) is 11.3 Å². The van der Waals surface area contributed by atoms with Crippen LogP contribution in [0.2, 0.25) is 0 Å². The lowest BCUT2D eigenvalue weighted by Gasteiger charge is -2.23. The molecule has 3 aromatic rings. The van der Waals surface area contributed by atoms with Gasteiger partial charge in [0.15, 0.2) is 23.6 Å². The van der Waals surface area contributed by atoms with Gasteiger partial charge in [-0.05, 0) is 0 Å². The van der Waals surface area contributed by atoms with Gasteiger partial charge in [0, 0.05) is 33.8 Å². The molecule has 5 heterocycles. The van der Waals surface area contributed by atoms with E-state index in [-0.39, 0.29) is 11.5 Å². The molecule has 6 N–H and O–H groups in total. The van der Waals surface area contributed by atoms with E-state index in [9.17, 15) is 23.7 Å². The van der Waals surface area contributed by atoms with Crippen LogP contribution in [0.3, 0.4) is 0 Å². The van der Waals surface area contributed by atoms with Gasteiger partial charge in [0.05, 0.1) is 19.5 Å². The third-order valence-electron chi connectivity index (χ3n) is 7.60. The van der Waals surface area contributed by atoms with Crippen molar-refractivity contribution in [2.24, 2.45) is 5.73 Å². The SMILES string of the molecule is COC1[C@@H](OC)[C@@H](COP(=O)(O)CP(=O)(O)OC[C@H]2O[C@@H](c3nc(C(N)=O)cs3)C(OC)[C@H]2OC)O[C@H]1n1cnc2c(N)ncnc21. The maximum absolute atomic E-state index is 13.0. The number of imidazole rings is 1. The number of ether oxygens (including phenoxy) is 6. The number of thiazole rings is 1. The number of aromatic nitrogens is 5. The fourth-order valence-electron chi connectivity index (χ4n) is 5.48. The van der Waals surface area contributed by atoms with Crippen LogP contribution in [0.15, 0.2) is 18.0 Å². The zero-order chi connectivity index (χ0) is 34.1. The smallest absolute Gasteiger partial charge is 0.340 e. The van der Waals surface area contributed by atoms with Crippen LogP contribution in [0.4, 0.5) is 5.82 Å². The molecule has 0 saturated carbocycles. The van der Waals surface area contributed by atoms with Crippen molar-refractivity contribution in [3.05, 3.63) is 28.7 Å². The zero-order valence-corrected chi connectivity index (χ0v) is 28.2. The number of rotatable bonds is 15. The number of hydrogen-bond acceptors (Lipinski definition) is 17. The van der Waals surface area contributed by atoms with Crippen molar-refractivity contribution < 1.29 is 61.2 Å². The molecule has 0 aliphatic carbocycles. The van der Waals surface area contributed by atoms with Gasteiger partial charge in [0.25, 0.3) is 5.91 Å². The van der Waals surface area contributed by atoms with Crippen LogP contribution in [0.25, 0.3) is 11.2 Å². The molecule has 23 heteroatoms. The van der Waals surface area contributed by atoms with E-state index < -0.39 is 89.2 Å². The summed E-state index contributed by atoms with van der Waals surface area (Å²) >= 11 is 1.11. The Labute approximate surface area is 271 Å². The first kappa shape index (κ1) is 35.8. The Balaban J connectivity index is 1.21. The van der Waals surface area contributed by atoms with Crippen LogP contribution in [0.5, 0.6) is 0 Å². The summed E-state index contributed by atoms with van der Waals surface area (Å²) in [5.41, 5.74) is 11.9. The van der Waals surface area contributed by atoms with Crippen LogP contribution in [0.1, 0.15) is 27.8 Å². The van der Waals surface area contributed by atoms with Crippen LogP contribution < -0.4 is 11.5 Å². The average molecular weight is 724 g/mol. The highest BCUT2D eigenvalue weighted by molar-refractivity contribution is 7.70. The molecule has 3 aromatic heterocycles. The summed E-state index contributed by atoms with van der Waals surface area (Å²) in [6, 6.07) is 0. The minimum absolute atomic E-state index is 0.0405. The number of carbonyl (C=O) groups excluding carboxylic acids is 1. The third kappa shape index (κ3) is 7.57. The van der Waals surface area contributed by atoms with Crippen molar-refractivity contribution in [3.8, 4) is 0 Å². The summed E-state index contributed by atoms with van der Waals surface area (Å²) < 4.78 is 72.2. The molecule has 10 atom stereocenters. The van der Waals surface area contributed by atoms with E-state index in [0.29, 0.717) is 16.2 Å². The molecular weight excluding hydrogens is 688 g/mol. The summed E-state index contributed by atoms with van der Waals surface area (Å²) in [6.07, 6.45) is -3.90. The Hall–Kier alpha value is -2.49. The van der Waals surface area contributed by atoms with Gasteiger partial charge in [-0.2, -0.15) is 0 Å². The van der Waals surface area contributed by atoms with Gasteiger partial charge in [0.1, 0.15) is 65.3 Å². The Morgan fingerprint density at radius 3 is 2.11 bits per heavy atom. The second-order valence-electron chi connectivity index (χ2n) is 10.5. The van der Waals surface area contributed by atoms with E-state index in [2.05, 4.69) is 19.9 Å². The molecule has 4 unspecified atom stereocenters. The summed E-state index contributed by atoms with van der Waals surface area (Å²) in [5.74, 6) is -1.79. The van der Waals surface area contributed by atoms with E-state index in [1.54, 1.807) is 4.57 Å². The first-order valence-electron chi connectivity index (χ1n) is 13.9. The summed E-state index contributed by atoms with van der Waals surface area (Å²) in [4.78, 5) is 49.1. The lowest BCUT2D eigenvalue weighted by Crippen LogP contribution is -2.37. The highest BCUT2D eigenvalue weighted by Crippen LogP contribution is 2.59. The Bertz CT molecular complexity index is 1660. The molecule has 20 nitrogen and oxygen atoms in total. The second kappa shape index (κ2) is 14.6. The zero-order valence-electron chi connectivity index (χ0n) is 25.6. The van der Waals surface area contributed by atoms with E-state index in [1.165, 1.54) is 46.5 Å². The minimum Gasteiger partial charge on any atom is -0.382 e. The van der Waals surface area contributed by atoms with Crippen molar-refractivity contribution in [2.75, 3.05) is 53.3 Å². The second-order valence-corrected chi connectivity index (χ2v) is 15.6. The van der Waals surface area contributed by atoms with Gasteiger partial charge in [0.2, 0.25) is 0 Å². The van der Waals surface area contributed by atoms with E-state index in [4.69, 9.17) is 48.9 Å². The largest absolute Gasteiger partial charge is 0.382 e. The quantitative estimate of drug-likeness (QED) is 0.155. The summed E-state index contributed by atoms with van der Waals surface area (Å²) in [7, 11) is -3.85. The van der Waals surface area contributed by atoms with Crippen molar-refractivity contribution in [2.45, 2.75) is 49.0 Å². The number of methoxy groups -OCH3 is 4. The molecule has 5 rings (SSSR count).